The highest BCUT2D eigenvalue weighted by Gasteiger charge is 2.19. The van der Waals surface area contributed by atoms with Crippen molar-refractivity contribution in [3.05, 3.63) is 33.2 Å². The Morgan fingerprint density at radius 1 is 1.47 bits per heavy atom. The second kappa shape index (κ2) is 7.34. The zero-order valence-electron chi connectivity index (χ0n) is 9.88. The molecule has 104 valence electrons. The molecule has 0 radical (unpaired) electrons. The quantitative estimate of drug-likeness (QED) is 0.653. The second-order valence-corrected chi connectivity index (χ2v) is 5.15. The highest BCUT2D eigenvalue weighted by atomic mass is 79.9. The van der Waals surface area contributed by atoms with E-state index >= 15 is 0 Å². The van der Waals surface area contributed by atoms with Crippen LogP contribution < -0.4 is 10.9 Å². The maximum absolute atomic E-state index is 11.7. The molecule has 1 aromatic rings. The van der Waals surface area contributed by atoms with Crippen LogP contribution in [-0.4, -0.2) is 33.3 Å². The first-order chi connectivity index (χ1) is 8.93. The topological polar surface area (TPSA) is 88.4 Å². The van der Waals surface area contributed by atoms with Crippen LogP contribution in [0.5, 0.6) is 0 Å². The number of amides is 1. The van der Waals surface area contributed by atoms with Crippen LogP contribution in [0.2, 0.25) is 0 Å². The lowest BCUT2D eigenvalue weighted by atomic mass is 10.2. The predicted molar refractivity (Wildman–Crippen MR) is 76.4 cm³/mol. The van der Waals surface area contributed by atoms with E-state index < -0.39 is 17.9 Å². The Bertz CT molecular complexity index is 532. The van der Waals surface area contributed by atoms with Crippen LogP contribution in [0.3, 0.4) is 0 Å². The lowest BCUT2D eigenvalue weighted by Gasteiger charge is -2.14. The van der Waals surface area contributed by atoms with Gasteiger partial charge in [-0.25, -0.2) is 4.79 Å². The third-order valence-corrected chi connectivity index (χ3v) is 3.04. The van der Waals surface area contributed by atoms with Gasteiger partial charge < -0.3 is 15.0 Å². The van der Waals surface area contributed by atoms with Crippen LogP contribution in [0.25, 0.3) is 0 Å². The zero-order chi connectivity index (χ0) is 14.4. The molecule has 1 aromatic heterocycles. The summed E-state index contributed by atoms with van der Waals surface area (Å²) in [5, 5.41) is 11.2. The number of hydrogen-bond acceptors (Lipinski definition) is 4. The fourth-order valence-electron chi connectivity index (χ4n) is 1.41. The molecular formula is C11H13BrN2O4S. The van der Waals surface area contributed by atoms with Crippen LogP contribution >= 0.6 is 28.6 Å². The molecule has 6 nitrogen and oxygen atoms in total. The Labute approximate surface area is 123 Å². The summed E-state index contributed by atoms with van der Waals surface area (Å²) in [5.74, 6) is -1.31. The van der Waals surface area contributed by atoms with Gasteiger partial charge in [0.15, 0.2) is 0 Å². The van der Waals surface area contributed by atoms with E-state index in [0.29, 0.717) is 10.2 Å². The first-order valence-electron chi connectivity index (χ1n) is 5.43. The summed E-state index contributed by atoms with van der Waals surface area (Å²) in [6.45, 7) is -0.228. The van der Waals surface area contributed by atoms with Gasteiger partial charge in [-0.15, -0.1) is 0 Å². The largest absolute Gasteiger partial charge is 0.480 e. The number of pyridine rings is 1. The molecule has 1 rings (SSSR count). The van der Waals surface area contributed by atoms with Crippen molar-refractivity contribution in [1.29, 1.82) is 0 Å². The summed E-state index contributed by atoms with van der Waals surface area (Å²) in [6, 6.07) is 1.89. The summed E-state index contributed by atoms with van der Waals surface area (Å²) in [7, 11) is 0. The van der Waals surface area contributed by atoms with Crippen molar-refractivity contribution in [2.45, 2.75) is 19.0 Å². The minimum atomic E-state index is -1.12. The molecule has 0 bridgehead atoms. The number of aliphatic carboxylic acids is 1. The number of nitrogens with one attached hydrogen (secondary N) is 1. The molecule has 1 amide bonds. The van der Waals surface area contributed by atoms with Crippen molar-refractivity contribution in [2.24, 2.45) is 0 Å². The standard InChI is InChI=1S/C11H13BrN2O4S/c12-7-1-2-10(16)14(5-7)6-9(15)13-8(3-4-19)11(17)18/h1-2,5,8,19H,3-4,6H2,(H,13,15)(H,17,18). The van der Waals surface area contributed by atoms with Gasteiger partial charge in [0.25, 0.3) is 5.56 Å². The van der Waals surface area contributed by atoms with Gasteiger partial charge in [0.05, 0.1) is 0 Å². The van der Waals surface area contributed by atoms with Gasteiger partial charge in [0, 0.05) is 16.7 Å². The first-order valence-corrected chi connectivity index (χ1v) is 6.85. The number of nitrogens with zero attached hydrogens (tertiary/aromatic N) is 1. The monoisotopic (exact) mass is 348 g/mol. The Kier molecular flexibility index (Phi) is 6.10. The molecule has 0 spiro atoms. The minimum Gasteiger partial charge on any atom is -0.480 e. The van der Waals surface area contributed by atoms with Crippen molar-refractivity contribution in [3.63, 3.8) is 0 Å². The Morgan fingerprint density at radius 2 is 2.16 bits per heavy atom. The lowest BCUT2D eigenvalue weighted by Crippen LogP contribution is -2.43. The fourth-order valence-corrected chi connectivity index (χ4v) is 2.04. The first kappa shape index (κ1) is 15.8. The molecule has 0 fully saturated rings. The summed E-state index contributed by atoms with van der Waals surface area (Å²) in [4.78, 5) is 34.1. The van der Waals surface area contributed by atoms with Crippen molar-refractivity contribution >= 4 is 40.4 Å². The van der Waals surface area contributed by atoms with Gasteiger partial charge in [-0.2, -0.15) is 12.6 Å². The van der Waals surface area contributed by atoms with Gasteiger partial charge in [0.2, 0.25) is 5.91 Å². The van der Waals surface area contributed by atoms with Gasteiger partial charge in [0.1, 0.15) is 12.6 Å². The number of carbonyl (C=O) groups excluding carboxylic acids is 1. The van der Waals surface area contributed by atoms with E-state index in [2.05, 4.69) is 33.9 Å². The van der Waals surface area contributed by atoms with E-state index in [4.69, 9.17) is 5.11 Å². The van der Waals surface area contributed by atoms with Gasteiger partial charge in [-0.1, -0.05) is 0 Å². The van der Waals surface area contributed by atoms with Crippen molar-refractivity contribution in [3.8, 4) is 0 Å². The van der Waals surface area contributed by atoms with E-state index in [9.17, 15) is 14.4 Å². The molecule has 0 saturated heterocycles. The number of hydrogen-bond donors (Lipinski definition) is 3. The highest BCUT2D eigenvalue weighted by molar-refractivity contribution is 9.10. The number of thiol groups is 1. The van der Waals surface area contributed by atoms with E-state index in [0.717, 1.165) is 0 Å². The Hall–Kier alpha value is -1.28. The lowest BCUT2D eigenvalue weighted by molar-refractivity contribution is -0.141. The average molecular weight is 349 g/mol. The maximum atomic E-state index is 11.7. The smallest absolute Gasteiger partial charge is 0.326 e. The summed E-state index contributed by atoms with van der Waals surface area (Å²) >= 11 is 7.12. The summed E-state index contributed by atoms with van der Waals surface area (Å²) in [5.41, 5.74) is -0.334. The molecule has 8 heteroatoms. The second-order valence-electron chi connectivity index (χ2n) is 3.78. The summed E-state index contributed by atoms with van der Waals surface area (Å²) < 4.78 is 1.85. The molecule has 0 aliphatic carbocycles. The third kappa shape index (κ3) is 5.07. The average Bonchev–Trinajstić information content (AvgIpc) is 2.33. The maximum Gasteiger partial charge on any atom is 0.326 e. The van der Waals surface area contributed by atoms with Gasteiger partial charge in [-0.3, -0.25) is 9.59 Å². The molecule has 19 heavy (non-hydrogen) atoms. The Balaban J connectivity index is 2.71. The van der Waals surface area contributed by atoms with Crippen LogP contribution in [0.15, 0.2) is 27.6 Å². The van der Waals surface area contributed by atoms with Crippen molar-refractivity contribution < 1.29 is 14.7 Å². The number of carbonyl (C=O) groups is 2. The van der Waals surface area contributed by atoms with Crippen LogP contribution in [-0.2, 0) is 16.1 Å². The van der Waals surface area contributed by atoms with Crippen molar-refractivity contribution in [2.75, 3.05) is 5.75 Å². The van der Waals surface area contributed by atoms with E-state index in [-0.39, 0.29) is 18.5 Å². The SMILES string of the molecule is O=C(Cn1cc(Br)ccc1=O)NC(CCS)C(=O)O. The number of aromatic nitrogens is 1. The molecule has 0 aliphatic rings. The minimum absolute atomic E-state index is 0.220. The third-order valence-electron chi connectivity index (χ3n) is 2.31. The molecule has 0 saturated carbocycles. The number of carboxylic acids is 1. The Morgan fingerprint density at radius 3 is 2.74 bits per heavy atom. The molecule has 1 heterocycles. The number of rotatable bonds is 6. The molecule has 2 N–H and O–H groups in total. The molecule has 1 unspecified atom stereocenters. The zero-order valence-corrected chi connectivity index (χ0v) is 12.4. The molecule has 0 aromatic carbocycles. The highest BCUT2D eigenvalue weighted by Crippen LogP contribution is 2.04. The molecule has 1 atom stereocenters. The van der Waals surface area contributed by atoms with Crippen LogP contribution in [0.1, 0.15) is 6.42 Å². The fraction of sp³-hybridized carbons (Fsp3) is 0.364. The van der Waals surface area contributed by atoms with Crippen LogP contribution in [0, 0.1) is 0 Å². The predicted octanol–water partition coefficient (Wildman–Crippen LogP) is 0.500. The van der Waals surface area contributed by atoms with E-state index in [1.165, 1.54) is 16.8 Å². The molecule has 0 aliphatic heterocycles. The molecular weight excluding hydrogens is 336 g/mol. The van der Waals surface area contributed by atoms with Gasteiger partial charge in [-0.05, 0) is 34.2 Å². The number of halogens is 1. The van der Waals surface area contributed by atoms with Crippen molar-refractivity contribution in [1.82, 2.24) is 9.88 Å². The van der Waals surface area contributed by atoms with Crippen LogP contribution in [0.4, 0.5) is 0 Å². The summed E-state index contributed by atoms with van der Waals surface area (Å²) in [6.07, 6.45) is 1.69. The van der Waals surface area contributed by atoms with E-state index in [1.54, 1.807) is 6.07 Å². The van der Waals surface area contributed by atoms with Gasteiger partial charge >= 0.3 is 5.97 Å². The van der Waals surface area contributed by atoms with E-state index in [1.807, 2.05) is 0 Å². The normalized spacial score (nSPS) is 11.9. The number of carboxylic acid groups (broad SMARTS) is 1.